The van der Waals surface area contributed by atoms with Crippen LogP contribution in [0.25, 0.3) is 0 Å². The topological polar surface area (TPSA) is 141 Å². The van der Waals surface area contributed by atoms with E-state index in [1.54, 1.807) is 66.7 Å². The summed E-state index contributed by atoms with van der Waals surface area (Å²) in [5.74, 6) is -1.82. The summed E-state index contributed by atoms with van der Waals surface area (Å²) >= 11 is 4.33. The van der Waals surface area contributed by atoms with E-state index in [0.29, 0.717) is 41.2 Å². The number of rotatable bonds is 16. The van der Waals surface area contributed by atoms with Gasteiger partial charge in [0.05, 0.1) is 51.8 Å². The van der Waals surface area contributed by atoms with Crippen LogP contribution in [-0.2, 0) is 24.0 Å². The minimum absolute atomic E-state index is 0.0742. The number of hydrogen-bond donors (Lipinski definition) is 0. The van der Waals surface area contributed by atoms with E-state index >= 15 is 0 Å². The van der Waals surface area contributed by atoms with Crippen molar-refractivity contribution in [3.8, 4) is 0 Å². The number of hydrogen-bond acceptors (Lipinski definition) is 11. The first-order valence-corrected chi connectivity index (χ1v) is 20.1. The Morgan fingerprint density at radius 3 is 1.42 bits per heavy atom. The first kappa shape index (κ1) is 39.5. The van der Waals surface area contributed by atoms with Crippen LogP contribution < -0.4 is 4.90 Å². The Balaban J connectivity index is 1.17. The van der Waals surface area contributed by atoms with Gasteiger partial charge in [0.2, 0.25) is 0 Å². The molecular formula is C39H33I2N3O8S. The van der Waals surface area contributed by atoms with Crippen LogP contribution >= 0.6 is 45.2 Å². The molecule has 0 fully saturated rings. The predicted molar refractivity (Wildman–Crippen MR) is 217 cm³/mol. The Kier molecular flexibility index (Phi) is 14.5. The third kappa shape index (κ3) is 12.2. The Hall–Kier alpha value is -4.68. The highest BCUT2D eigenvalue weighted by atomic mass is 127. The number of carbonyl (C=O) groups excluding carboxylic acids is 3. The van der Waals surface area contributed by atoms with Crippen LogP contribution in [0.1, 0.15) is 31.1 Å². The zero-order chi connectivity index (χ0) is 37.6. The van der Waals surface area contributed by atoms with E-state index in [0.717, 1.165) is 12.8 Å². The molecule has 272 valence electrons. The number of ether oxygens (including phenoxy) is 3. The van der Waals surface area contributed by atoms with Crippen LogP contribution in [0.4, 0.5) is 17.1 Å². The third-order valence-corrected chi connectivity index (χ3v) is 10.8. The molecule has 0 aliphatic heterocycles. The fourth-order valence-electron chi connectivity index (χ4n) is 4.79. The van der Waals surface area contributed by atoms with E-state index in [9.17, 15) is 22.8 Å². The number of esters is 3. The number of carbonyl (C=O) groups is 3. The SMILES string of the molecule is O=C(OCCN(CCOC(=O)c1ccc(I)cc1)c1ccc(N=Nc2ccc(S(=O)(=O)CCOC(=O)c3ccccc3)cc2)cc1)c1ccc(I)cc1. The summed E-state index contributed by atoms with van der Waals surface area (Å²) in [5.41, 5.74) is 3.02. The van der Waals surface area contributed by atoms with Crippen LogP contribution in [0.3, 0.4) is 0 Å². The van der Waals surface area contributed by atoms with Crippen molar-refractivity contribution < 1.29 is 37.0 Å². The van der Waals surface area contributed by atoms with Gasteiger partial charge in [-0.3, -0.25) is 0 Å². The van der Waals surface area contributed by atoms with Gasteiger partial charge in [0.15, 0.2) is 9.84 Å². The highest BCUT2D eigenvalue weighted by Crippen LogP contribution is 2.24. The molecule has 0 amide bonds. The minimum atomic E-state index is -3.70. The molecule has 5 rings (SSSR count). The fourth-order valence-corrected chi connectivity index (χ4v) is 6.60. The van der Waals surface area contributed by atoms with Gasteiger partial charge in [-0.2, -0.15) is 10.2 Å². The quantitative estimate of drug-likeness (QED) is 0.0412. The van der Waals surface area contributed by atoms with E-state index < -0.39 is 27.7 Å². The van der Waals surface area contributed by atoms with Crippen LogP contribution in [0, 0.1) is 7.14 Å². The summed E-state index contributed by atoms with van der Waals surface area (Å²) in [5, 5.41) is 8.51. The van der Waals surface area contributed by atoms with Crippen molar-refractivity contribution in [1.29, 1.82) is 0 Å². The molecule has 0 radical (unpaired) electrons. The number of benzene rings is 5. The summed E-state index contributed by atoms with van der Waals surface area (Å²) in [6.07, 6.45) is 0. The number of halogens is 2. The summed E-state index contributed by atoms with van der Waals surface area (Å²) < 4.78 is 43.8. The maximum Gasteiger partial charge on any atom is 0.338 e. The highest BCUT2D eigenvalue weighted by molar-refractivity contribution is 14.1. The Labute approximate surface area is 334 Å². The van der Waals surface area contributed by atoms with E-state index in [1.165, 1.54) is 24.3 Å². The Bertz CT molecular complexity index is 2070. The molecule has 0 saturated heterocycles. The molecule has 5 aromatic rings. The number of anilines is 1. The molecule has 0 N–H and O–H groups in total. The molecule has 5 aromatic carbocycles. The number of nitrogens with zero attached hydrogens (tertiary/aromatic N) is 3. The summed E-state index contributed by atoms with van der Waals surface area (Å²) in [6, 6.07) is 35.7. The lowest BCUT2D eigenvalue weighted by Gasteiger charge is -2.24. The van der Waals surface area contributed by atoms with Gasteiger partial charge in [-0.15, -0.1) is 0 Å². The second-order valence-corrected chi connectivity index (χ2v) is 15.9. The maximum atomic E-state index is 12.8. The molecule has 11 nitrogen and oxygen atoms in total. The van der Waals surface area contributed by atoms with E-state index in [1.807, 2.05) is 41.3 Å². The zero-order valence-electron chi connectivity index (χ0n) is 28.1. The van der Waals surface area contributed by atoms with Gasteiger partial charge in [-0.25, -0.2) is 22.8 Å². The fraction of sp³-hybridized carbons (Fsp3) is 0.154. The van der Waals surface area contributed by atoms with Crippen LogP contribution in [0.2, 0.25) is 0 Å². The van der Waals surface area contributed by atoms with Gasteiger partial charge in [-0.1, -0.05) is 18.2 Å². The van der Waals surface area contributed by atoms with Gasteiger partial charge >= 0.3 is 17.9 Å². The first-order valence-electron chi connectivity index (χ1n) is 16.2. The molecule has 0 unspecified atom stereocenters. The van der Waals surface area contributed by atoms with Gasteiger partial charge < -0.3 is 19.1 Å². The standard InChI is InChI=1S/C39H33I2N3O8S/c40-31-10-6-29(7-11-31)38(46)50-24-22-44(23-25-51-39(47)30-8-12-32(41)13-9-30)35-18-14-33(15-19-35)42-43-34-16-20-36(21-17-34)53(48,49)27-26-52-37(45)28-4-2-1-3-5-28/h1-21H,22-27H2. The van der Waals surface area contributed by atoms with Crippen molar-refractivity contribution in [2.45, 2.75) is 4.90 Å². The molecule has 0 aliphatic carbocycles. The summed E-state index contributed by atoms with van der Waals surface area (Å²) in [6.45, 7) is 0.594. The predicted octanol–water partition coefficient (Wildman–Crippen LogP) is 8.46. The van der Waals surface area contributed by atoms with E-state index in [-0.39, 0.29) is 30.5 Å². The normalized spacial score (nSPS) is 11.2. The lowest BCUT2D eigenvalue weighted by atomic mass is 10.2. The largest absolute Gasteiger partial charge is 0.461 e. The molecule has 53 heavy (non-hydrogen) atoms. The van der Waals surface area contributed by atoms with Crippen molar-refractivity contribution in [2.75, 3.05) is 43.6 Å². The van der Waals surface area contributed by atoms with Crippen molar-refractivity contribution >= 4 is 90.0 Å². The number of azo groups is 1. The average Bonchev–Trinajstić information content (AvgIpc) is 3.17. The summed E-state index contributed by atoms with van der Waals surface area (Å²) in [7, 11) is -3.70. The molecule has 0 aliphatic rings. The first-order chi connectivity index (χ1) is 25.6. The van der Waals surface area contributed by atoms with E-state index in [4.69, 9.17) is 14.2 Å². The lowest BCUT2D eigenvalue weighted by molar-refractivity contribution is 0.0498. The van der Waals surface area contributed by atoms with Crippen molar-refractivity contribution in [3.05, 3.63) is 151 Å². The minimum Gasteiger partial charge on any atom is -0.461 e. The third-order valence-electron chi connectivity index (χ3n) is 7.63. The van der Waals surface area contributed by atoms with Crippen LogP contribution in [0.5, 0.6) is 0 Å². The monoisotopic (exact) mass is 957 g/mol. The van der Waals surface area contributed by atoms with Crippen molar-refractivity contribution in [2.24, 2.45) is 10.2 Å². The second kappa shape index (κ2) is 19.4. The summed E-state index contributed by atoms with van der Waals surface area (Å²) in [4.78, 5) is 39.3. The molecular weight excluding hydrogens is 924 g/mol. The average molecular weight is 958 g/mol. The molecule has 0 aromatic heterocycles. The molecule has 0 spiro atoms. The van der Waals surface area contributed by atoms with Gasteiger partial charge in [0.1, 0.15) is 19.8 Å². The highest BCUT2D eigenvalue weighted by Gasteiger charge is 2.17. The molecule has 0 bridgehead atoms. The van der Waals surface area contributed by atoms with Gasteiger partial charge in [0, 0.05) is 12.8 Å². The van der Waals surface area contributed by atoms with Crippen LogP contribution in [0.15, 0.2) is 143 Å². The maximum absolute atomic E-state index is 12.8. The van der Waals surface area contributed by atoms with Crippen molar-refractivity contribution in [1.82, 2.24) is 0 Å². The van der Waals surface area contributed by atoms with Gasteiger partial charge in [-0.05, 0) is 154 Å². The Morgan fingerprint density at radius 2 is 0.943 bits per heavy atom. The molecule has 0 heterocycles. The molecule has 0 saturated carbocycles. The second-order valence-electron chi connectivity index (χ2n) is 11.3. The van der Waals surface area contributed by atoms with Crippen molar-refractivity contribution in [3.63, 3.8) is 0 Å². The molecule has 14 heteroatoms. The zero-order valence-corrected chi connectivity index (χ0v) is 33.3. The van der Waals surface area contributed by atoms with Gasteiger partial charge in [0.25, 0.3) is 0 Å². The number of sulfone groups is 1. The lowest BCUT2D eigenvalue weighted by Crippen LogP contribution is -2.32. The Morgan fingerprint density at radius 1 is 0.528 bits per heavy atom. The smallest absolute Gasteiger partial charge is 0.338 e. The van der Waals surface area contributed by atoms with E-state index in [2.05, 4.69) is 55.4 Å². The molecule has 0 atom stereocenters. The van der Waals surface area contributed by atoms with Crippen LogP contribution in [-0.4, -0.2) is 65.0 Å².